The highest BCUT2D eigenvalue weighted by Gasteiger charge is 2.10. The molecule has 25 heavy (non-hydrogen) atoms. The minimum absolute atomic E-state index is 0.173. The molecule has 2 N–H and O–H groups in total. The van der Waals surface area contributed by atoms with Crippen LogP contribution in [0.2, 0.25) is 0 Å². The van der Waals surface area contributed by atoms with E-state index in [0.29, 0.717) is 22.1 Å². The summed E-state index contributed by atoms with van der Waals surface area (Å²) in [6.45, 7) is 1.42. The van der Waals surface area contributed by atoms with Gasteiger partial charge < -0.3 is 5.32 Å². The summed E-state index contributed by atoms with van der Waals surface area (Å²) in [4.78, 5) is 27.6. The summed E-state index contributed by atoms with van der Waals surface area (Å²) < 4.78 is 13.0. The zero-order chi connectivity index (χ0) is 17.8. The number of rotatable bonds is 4. The maximum atomic E-state index is 13.0. The van der Waals surface area contributed by atoms with E-state index in [1.807, 2.05) is 0 Å². The molecule has 5 nitrogen and oxygen atoms in total. The first-order chi connectivity index (χ1) is 12.0. The SMILES string of the molecule is CC(=O)Nc1ccc(C(=O)Nc2nc(-c3ccc(F)cc3)cs2)cc1. The molecule has 0 spiro atoms. The lowest BCUT2D eigenvalue weighted by molar-refractivity contribution is -0.114. The lowest BCUT2D eigenvalue weighted by atomic mass is 10.2. The Bertz CT molecular complexity index is 905. The van der Waals surface area contributed by atoms with Crippen molar-refractivity contribution in [1.29, 1.82) is 0 Å². The Hall–Kier alpha value is -3.06. The lowest BCUT2D eigenvalue weighted by Crippen LogP contribution is -2.12. The molecule has 0 aliphatic rings. The monoisotopic (exact) mass is 355 g/mol. The molecule has 0 aliphatic heterocycles. The highest BCUT2D eigenvalue weighted by molar-refractivity contribution is 7.14. The highest BCUT2D eigenvalue weighted by atomic mass is 32.1. The van der Waals surface area contributed by atoms with Crippen molar-refractivity contribution in [3.8, 4) is 11.3 Å². The van der Waals surface area contributed by atoms with Gasteiger partial charge in [0, 0.05) is 29.1 Å². The number of carbonyl (C=O) groups excluding carboxylic acids is 2. The molecule has 3 rings (SSSR count). The second-order valence-electron chi connectivity index (χ2n) is 5.26. The van der Waals surface area contributed by atoms with E-state index < -0.39 is 0 Å². The van der Waals surface area contributed by atoms with E-state index >= 15 is 0 Å². The molecule has 0 aliphatic carbocycles. The third-order valence-electron chi connectivity index (χ3n) is 3.33. The van der Waals surface area contributed by atoms with Gasteiger partial charge in [-0.2, -0.15) is 0 Å². The van der Waals surface area contributed by atoms with Crippen LogP contribution in [0, 0.1) is 5.82 Å². The number of hydrogen-bond donors (Lipinski definition) is 2. The average molecular weight is 355 g/mol. The van der Waals surface area contributed by atoms with Crippen molar-refractivity contribution in [1.82, 2.24) is 4.98 Å². The van der Waals surface area contributed by atoms with Crippen molar-refractivity contribution in [2.24, 2.45) is 0 Å². The molecule has 3 aromatic rings. The van der Waals surface area contributed by atoms with Gasteiger partial charge in [0.2, 0.25) is 5.91 Å². The van der Waals surface area contributed by atoms with Gasteiger partial charge in [-0.1, -0.05) is 0 Å². The van der Waals surface area contributed by atoms with Gasteiger partial charge >= 0.3 is 0 Å². The maximum absolute atomic E-state index is 13.0. The van der Waals surface area contributed by atoms with Crippen molar-refractivity contribution in [3.63, 3.8) is 0 Å². The van der Waals surface area contributed by atoms with Gasteiger partial charge in [0.15, 0.2) is 5.13 Å². The molecule has 2 amide bonds. The van der Waals surface area contributed by atoms with Crippen LogP contribution in [0.1, 0.15) is 17.3 Å². The zero-order valence-corrected chi connectivity index (χ0v) is 14.1. The largest absolute Gasteiger partial charge is 0.326 e. The second kappa shape index (κ2) is 7.23. The number of amides is 2. The van der Waals surface area contributed by atoms with E-state index in [-0.39, 0.29) is 17.6 Å². The van der Waals surface area contributed by atoms with Crippen molar-refractivity contribution in [2.75, 3.05) is 10.6 Å². The van der Waals surface area contributed by atoms with Crippen molar-refractivity contribution in [3.05, 3.63) is 65.3 Å². The lowest BCUT2D eigenvalue weighted by Gasteiger charge is -2.04. The summed E-state index contributed by atoms with van der Waals surface area (Å²) in [6.07, 6.45) is 0. The topological polar surface area (TPSA) is 71.1 Å². The first-order valence-corrected chi connectivity index (χ1v) is 8.30. The number of anilines is 2. The van der Waals surface area contributed by atoms with Gasteiger partial charge in [-0.3, -0.25) is 14.9 Å². The number of thiazole rings is 1. The van der Waals surface area contributed by atoms with E-state index in [2.05, 4.69) is 15.6 Å². The minimum Gasteiger partial charge on any atom is -0.326 e. The van der Waals surface area contributed by atoms with Crippen LogP contribution in [0.4, 0.5) is 15.2 Å². The number of nitrogens with zero attached hydrogens (tertiary/aromatic N) is 1. The maximum Gasteiger partial charge on any atom is 0.257 e. The molecule has 7 heteroatoms. The van der Waals surface area contributed by atoms with Gasteiger partial charge in [-0.05, 0) is 48.5 Å². The summed E-state index contributed by atoms with van der Waals surface area (Å²) in [5.74, 6) is -0.780. The first-order valence-electron chi connectivity index (χ1n) is 7.42. The van der Waals surface area contributed by atoms with E-state index in [1.165, 1.54) is 30.4 Å². The third kappa shape index (κ3) is 4.27. The molecule has 0 bridgehead atoms. The zero-order valence-electron chi connectivity index (χ0n) is 13.2. The van der Waals surface area contributed by atoms with Crippen LogP contribution < -0.4 is 10.6 Å². The molecular weight excluding hydrogens is 341 g/mol. The molecule has 0 saturated carbocycles. The summed E-state index contributed by atoms with van der Waals surface area (Å²) in [6, 6.07) is 12.6. The Labute approximate surface area is 147 Å². The van der Waals surface area contributed by atoms with E-state index in [9.17, 15) is 14.0 Å². The third-order valence-corrected chi connectivity index (χ3v) is 4.09. The van der Waals surface area contributed by atoms with Crippen molar-refractivity contribution in [2.45, 2.75) is 6.92 Å². The second-order valence-corrected chi connectivity index (χ2v) is 6.12. The number of benzene rings is 2. The number of hydrogen-bond acceptors (Lipinski definition) is 4. The molecule has 0 saturated heterocycles. The molecule has 0 unspecified atom stereocenters. The van der Waals surface area contributed by atoms with Gasteiger partial charge in [-0.15, -0.1) is 11.3 Å². The van der Waals surface area contributed by atoms with E-state index in [4.69, 9.17) is 0 Å². The van der Waals surface area contributed by atoms with Crippen LogP contribution in [0.15, 0.2) is 53.9 Å². The van der Waals surface area contributed by atoms with Crippen LogP contribution >= 0.6 is 11.3 Å². The van der Waals surface area contributed by atoms with Gasteiger partial charge in [-0.25, -0.2) is 9.37 Å². The van der Waals surface area contributed by atoms with Crippen LogP contribution in [-0.4, -0.2) is 16.8 Å². The van der Waals surface area contributed by atoms with Gasteiger partial charge in [0.1, 0.15) is 5.82 Å². The number of carbonyl (C=O) groups is 2. The van der Waals surface area contributed by atoms with E-state index in [0.717, 1.165) is 5.56 Å². The standard InChI is InChI=1S/C18H14FN3O2S/c1-11(23)20-15-8-4-13(5-9-15)17(24)22-18-21-16(10-25-18)12-2-6-14(19)7-3-12/h2-10H,1H3,(H,20,23)(H,21,22,24). The molecule has 0 fully saturated rings. The smallest absolute Gasteiger partial charge is 0.257 e. The Morgan fingerprint density at radius 1 is 1.00 bits per heavy atom. The normalized spacial score (nSPS) is 10.3. The van der Waals surface area contributed by atoms with Crippen LogP contribution in [0.25, 0.3) is 11.3 Å². The molecule has 1 heterocycles. The quantitative estimate of drug-likeness (QED) is 0.738. The number of nitrogens with one attached hydrogen (secondary N) is 2. The van der Waals surface area contributed by atoms with Gasteiger partial charge in [0.25, 0.3) is 5.91 Å². The summed E-state index contributed by atoms with van der Waals surface area (Å²) in [7, 11) is 0. The van der Waals surface area contributed by atoms with Gasteiger partial charge in [0.05, 0.1) is 5.69 Å². The van der Waals surface area contributed by atoms with Crippen molar-refractivity contribution < 1.29 is 14.0 Å². The molecular formula is C18H14FN3O2S. The number of halogens is 1. The van der Waals surface area contributed by atoms with Crippen LogP contribution in [-0.2, 0) is 4.79 Å². The summed E-state index contributed by atoms with van der Waals surface area (Å²) in [5, 5.41) is 7.61. The fraction of sp³-hybridized carbons (Fsp3) is 0.0556. The summed E-state index contributed by atoms with van der Waals surface area (Å²) in [5.41, 5.74) is 2.52. The average Bonchev–Trinajstić information content (AvgIpc) is 3.04. The van der Waals surface area contributed by atoms with Crippen molar-refractivity contribution >= 4 is 34.0 Å². The fourth-order valence-corrected chi connectivity index (χ4v) is 2.88. The molecule has 2 aromatic carbocycles. The number of aromatic nitrogens is 1. The molecule has 1 aromatic heterocycles. The Morgan fingerprint density at radius 3 is 2.32 bits per heavy atom. The Kier molecular flexibility index (Phi) is 4.85. The fourth-order valence-electron chi connectivity index (χ4n) is 2.16. The molecule has 0 radical (unpaired) electrons. The predicted molar refractivity (Wildman–Crippen MR) is 96.2 cm³/mol. The Morgan fingerprint density at radius 2 is 1.68 bits per heavy atom. The molecule has 126 valence electrons. The molecule has 0 atom stereocenters. The van der Waals surface area contributed by atoms with Crippen LogP contribution in [0.5, 0.6) is 0 Å². The summed E-state index contributed by atoms with van der Waals surface area (Å²) >= 11 is 1.29. The minimum atomic E-state index is -0.310. The van der Waals surface area contributed by atoms with E-state index in [1.54, 1.807) is 41.8 Å². The Balaban J connectivity index is 1.69. The first kappa shape index (κ1) is 16.8. The predicted octanol–water partition coefficient (Wildman–Crippen LogP) is 4.16. The highest BCUT2D eigenvalue weighted by Crippen LogP contribution is 2.25. The van der Waals surface area contributed by atoms with Crippen LogP contribution in [0.3, 0.4) is 0 Å².